The zero-order valence-corrected chi connectivity index (χ0v) is 18.3. The SMILES string of the molecule is Cc1ccc(NC(=O)c2cc(S(=O)(=O)NCc3ccc(C(=O)[O-])cc3)ccc2F)cc1Cl. The second-order valence-electron chi connectivity index (χ2n) is 6.87. The molecule has 0 aliphatic heterocycles. The lowest BCUT2D eigenvalue weighted by Crippen LogP contribution is -2.24. The van der Waals surface area contributed by atoms with E-state index in [1.165, 1.54) is 30.3 Å². The molecule has 166 valence electrons. The van der Waals surface area contributed by atoms with Crippen LogP contribution in [0, 0.1) is 12.7 Å². The molecule has 3 rings (SSSR count). The average Bonchev–Trinajstić information content (AvgIpc) is 2.75. The Morgan fingerprint density at radius 2 is 1.72 bits per heavy atom. The summed E-state index contributed by atoms with van der Waals surface area (Å²) in [6.45, 7) is 1.64. The number of anilines is 1. The molecule has 2 N–H and O–H groups in total. The number of aromatic carboxylic acids is 1. The Morgan fingerprint density at radius 3 is 2.34 bits per heavy atom. The number of halogens is 2. The Hall–Kier alpha value is -3.27. The van der Waals surface area contributed by atoms with Crippen LogP contribution in [-0.2, 0) is 16.6 Å². The summed E-state index contributed by atoms with van der Waals surface area (Å²) < 4.78 is 41.8. The highest BCUT2D eigenvalue weighted by Crippen LogP contribution is 2.22. The third kappa shape index (κ3) is 5.50. The van der Waals surface area contributed by atoms with E-state index in [9.17, 15) is 27.5 Å². The molecule has 0 aliphatic rings. The summed E-state index contributed by atoms with van der Waals surface area (Å²) in [5.74, 6) is -3.07. The molecule has 0 atom stereocenters. The number of hydrogen-bond acceptors (Lipinski definition) is 5. The third-order valence-corrected chi connectivity index (χ3v) is 6.38. The first-order valence-corrected chi connectivity index (χ1v) is 11.1. The number of amides is 1. The molecule has 0 heterocycles. The molecular formula is C22H17ClFN2O5S-. The van der Waals surface area contributed by atoms with E-state index in [4.69, 9.17) is 11.6 Å². The highest BCUT2D eigenvalue weighted by molar-refractivity contribution is 7.89. The van der Waals surface area contributed by atoms with E-state index in [1.54, 1.807) is 19.1 Å². The van der Waals surface area contributed by atoms with Crippen LogP contribution in [0.5, 0.6) is 0 Å². The fourth-order valence-electron chi connectivity index (χ4n) is 2.73. The van der Waals surface area contributed by atoms with Crippen LogP contribution in [0.1, 0.15) is 31.8 Å². The van der Waals surface area contributed by atoms with Crippen LogP contribution in [0.25, 0.3) is 0 Å². The van der Waals surface area contributed by atoms with Crippen LogP contribution in [0.3, 0.4) is 0 Å². The van der Waals surface area contributed by atoms with Crippen LogP contribution in [0.4, 0.5) is 10.1 Å². The number of rotatable bonds is 7. The molecule has 0 fully saturated rings. The fourth-order valence-corrected chi connectivity index (χ4v) is 3.96. The van der Waals surface area contributed by atoms with Crippen molar-refractivity contribution in [1.29, 1.82) is 0 Å². The normalized spacial score (nSPS) is 11.2. The number of sulfonamides is 1. The summed E-state index contributed by atoms with van der Waals surface area (Å²) in [4.78, 5) is 23.0. The van der Waals surface area contributed by atoms with Crippen LogP contribution in [-0.4, -0.2) is 20.3 Å². The second-order valence-corrected chi connectivity index (χ2v) is 9.04. The topological polar surface area (TPSA) is 115 Å². The van der Waals surface area contributed by atoms with Gasteiger partial charge in [-0.25, -0.2) is 17.5 Å². The van der Waals surface area contributed by atoms with Crippen molar-refractivity contribution in [2.45, 2.75) is 18.4 Å². The van der Waals surface area contributed by atoms with Gasteiger partial charge in [-0.1, -0.05) is 41.9 Å². The summed E-state index contributed by atoms with van der Waals surface area (Å²) in [6.07, 6.45) is 0. The van der Waals surface area contributed by atoms with E-state index in [1.807, 2.05) is 0 Å². The molecule has 0 aliphatic carbocycles. The Kier molecular flexibility index (Phi) is 6.93. The van der Waals surface area contributed by atoms with Crippen LogP contribution in [0.2, 0.25) is 5.02 Å². The first kappa shape index (κ1) is 23.4. The third-order valence-electron chi connectivity index (χ3n) is 4.58. The highest BCUT2D eigenvalue weighted by atomic mass is 35.5. The van der Waals surface area contributed by atoms with Crippen LogP contribution >= 0.6 is 11.6 Å². The van der Waals surface area contributed by atoms with Crippen molar-refractivity contribution >= 4 is 39.2 Å². The monoisotopic (exact) mass is 475 g/mol. The van der Waals surface area contributed by atoms with E-state index < -0.39 is 33.3 Å². The molecule has 3 aromatic rings. The van der Waals surface area contributed by atoms with E-state index in [0.717, 1.165) is 23.8 Å². The number of benzene rings is 3. The lowest BCUT2D eigenvalue weighted by Gasteiger charge is -2.11. The molecular weight excluding hydrogens is 459 g/mol. The van der Waals surface area contributed by atoms with Gasteiger partial charge in [-0.05, 0) is 53.9 Å². The van der Waals surface area contributed by atoms with Crippen LogP contribution < -0.4 is 15.1 Å². The predicted molar refractivity (Wildman–Crippen MR) is 115 cm³/mol. The zero-order valence-electron chi connectivity index (χ0n) is 16.7. The summed E-state index contributed by atoms with van der Waals surface area (Å²) in [6, 6.07) is 13.1. The minimum absolute atomic E-state index is 0.0411. The lowest BCUT2D eigenvalue weighted by atomic mass is 10.1. The maximum Gasteiger partial charge on any atom is 0.258 e. The summed E-state index contributed by atoms with van der Waals surface area (Å²) in [7, 11) is -4.09. The van der Waals surface area contributed by atoms with E-state index in [0.29, 0.717) is 16.3 Å². The number of hydrogen-bond donors (Lipinski definition) is 2. The Balaban J connectivity index is 1.77. The molecule has 7 nitrogen and oxygen atoms in total. The number of aryl methyl sites for hydroxylation is 1. The summed E-state index contributed by atoms with van der Waals surface area (Å²) in [5, 5.41) is 13.7. The first-order valence-electron chi connectivity index (χ1n) is 9.24. The number of carbonyl (C=O) groups is 2. The Morgan fingerprint density at radius 1 is 1.03 bits per heavy atom. The quantitative estimate of drug-likeness (QED) is 0.545. The van der Waals surface area contributed by atoms with Gasteiger partial charge in [0.05, 0.1) is 16.4 Å². The van der Waals surface area contributed by atoms with Gasteiger partial charge < -0.3 is 15.2 Å². The number of carbonyl (C=O) groups excluding carboxylic acids is 2. The van der Waals surface area contributed by atoms with Crippen molar-refractivity contribution in [3.63, 3.8) is 0 Å². The molecule has 0 saturated heterocycles. The standard InChI is InChI=1S/C22H18ClFN2O5S/c1-13-2-7-16(10-19(13)23)26-21(27)18-11-17(8-9-20(18)24)32(30,31)25-12-14-3-5-15(6-4-14)22(28)29/h2-11,25H,12H2,1H3,(H,26,27)(H,28,29)/p-1. The molecule has 0 unspecified atom stereocenters. The molecule has 0 saturated carbocycles. The first-order chi connectivity index (χ1) is 15.1. The zero-order chi connectivity index (χ0) is 23.5. The summed E-state index contributed by atoms with van der Waals surface area (Å²) in [5.41, 5.74) is 1.12. The highest BCUT2D eigenvalue weighted by Gasteiger charge is 2.20. The van der Waals surface area contributed by atoms with Crippen molar-refractivity contribution in [1.82, 2.24) is 4.72 Å². The fraction of sp³-hybridized carbons (Fsp3) is 0.0909. The molecule has 0 spiro atoms. The maximum atomic E-state index is 14.3. The molecule has 3 aromatic carbocycles. The molecule has 0 aromatic heterocycles. The van der Waals surface area contributed by atoms with Crippen molar-refractivity contribution < 1.29 is 27.5 Å². The smallest absolute Gasteiger partial charge is 0.258 e. The van der Waals surface area contributed by atoms with Crippen LogP contribution in [0.15, 0.2) is 65.6 Å². The largest absolute Gasteiger partial charge is 0.545 e. The van der Waals surface area contributed by atoms with Gasteiger partial charge in [-0.15, -0.1) is 0 Å². The van der Waals surface area contributed by atoms with Gasteiger partial charge >= 0.3 is 0 Å². The molecule has 1 amide bonds. The molecule has 0 radical (unpaired) electrons. The van der Waals surface area contributed by atoms with Gasteiger partial charge in [-0.2, -0.15) is 0 Å². The van der Waals surface area contributed by atoms with Gasteiger partial charge in [-0.3, -0.25) is 4.79 Å². The molecule has 10 heteroatoms. The Labute approximate surface area is 188 Å². The van der Waals surface area contributed by atoms with E-state index in [-0.39, 0.29) is 17.0 Å². The lowest BCUT2D eigenvalue weighted by molar-refractivity contribution is -0.255. The average molecular weight is 476 g/mol. The second kappa shape index (κ2) is 9.47. The van der Waals surface area contributed by atoms with Crippen molar-refractivity contribution in [3.05, 3.63) is 93.8 Å². The molecule has 0 bridgehead atoms. The molecule has 32 heavy (non-hydrogen) atoms. The minimum Gasteiger partial charge on any atom is -0.545 e. The minimum atomic E-state index is -4.09. The summed E-state index contributed by atoms with van der Waals surface area (Å²) >= 11 is 6.02. The van der Waals surface area contributed by atoms with Crippen molar-refractivity contribution in [2.75, 3.05) is 5.32 Å². The van der Waals surface area contributed by atoms with E-state index >= 15 is 0 Å². The number of carboxylic acids is 1. The van der Waals surface area contributed by atoms with Crippen molar-refractivity contribution in [3.8, 4) is 0 Å². The maximum absolute atomic E-state index is 14.3. The number of nitrogens with one attached hydrogen (secondary N) is 2. The van der Waals surface area contributed by atoms with E-state index in [2.05, 4.69) is 10.0 Å². The van der Waals surface area contributed by atoms with Gasteiger partial charge in [0, 0.05) is 17.3 Å². The van der Waals surface area contributed by atoms with Gasteiger partial charge in [0.2, 0.25) is 10.0 Å². The van der Waals surface area contributed by atoms with Gasteiger partial charge in [0.1, 0.15) is 5.82 Å². The van der Waals surface area contributed by atoms with Gasteiger partial charge in [0.25, 0.3) is 5.91 Å². The van der Waals surface area contributed by atoms with Crippen molar-refractivity contribution in [2.24, 2.45) is 0 Å². The Bertz CT molecular complexity index is 1290. The number of carboxylic acid groups (broad SMARTS) is 1. The predicted octanol–water partition coefficient (Wildman–Crippen LogP) is 2.88. The van der Waals surface area contributed by atoms with Gasteiger partial charge in [0.15, 0.2) is 0 Å².